The molecule has 3 aliphatic rings. The standard InChI is InChI=1S/C28H35FN5S/c1-3-23-27(34(2)20-35-19-24(34)21-7-9-22(29)10-8-21)33-25(30-23)11-12-26(31-33)32-17-15-28(16-18-32)13-5-4-6-14-28/h7-12,19H,3-6,13-18,20H2,1-2H3/q+1. The zero-order chi connectivity index (χ0) is 24.0. The molecule has 35 heavy (non-hydrogen) atoms. The molecule has 1 aromatic carbocycles. The highest BCUT2D eigenvalue weighted by Gasteiger charge is 2.42. The average Bonchev–Trinajstić information content (AvgIpc) is 3.46. The van der Waals surface area contributed by atoms with Crippen molar-refractivity contribution < 1.29 is 4.39 Å². The summed E-state index contributed by atoms with van der Waals surface area (Å²) >= 11 is 1.80. The number of aromatic nitrogens is 3. The van der Waals surface area contributed by atoms with E-state index in [1.54, 1.807) is 23.9 Å². The van der Waals surface area contributed by atoms with Crippen LogP contribution in [-0.2, 0) is 6.42 Å². The molecule has 1 spiro atoms. The van der Waals surface area contributed by atoms with Gasteiger partial charge in [-0.3, -0.25) is 0 Å². The van der Waals surface area contributed by atoms with Crippen molar-refractivity contribution in [1.82, 2.24) is 19.1 Å². The first-order chi connectivity index (χ1) is 17.0. The Hall–Kier alpha value is -2.38. The average molecular weight is 493 g/mol. The van der Waals surface area contributed by atoms with Gasteiger partial charge in [-0.1, -0.05) is 37.9 Å². The zero-order valence-electron chi connectivity index (χ0n) is 20.8. The first kappa shape index (κ1) is 23.0. The number of rotatable bonds is 4. The number of imidazole rings is 1. The first-order valence-electron chi connectivity index (χ1n) is 13.1. The Morgan fingerprint density at radius 3 is 2.46 bits per heavy atom. The highest BCUT2D eigenvalue weighted by Crippen LogP contribution is 2.46. The summed E-state index contributed by atoms with van der Waals surface area (Å²) in [7, 11) is 2.24. The number of hydrogen-bond donors (Lipinski definition) is 0. The van der Waals surface area contributed by atoms with Gasteiger partial charge < -0.3 is 4.90 Å². The van der Waals surface area contributed by atoms with Crippen molar-refractivity contribution in [1.29, 1.82) is 0 Å². The zero-order valence-corrected chi connectivity index (χ0v) is 21.7. The lowest BCUT2D eigenvalue weighted by atomic mass is 9.68. The van der Waals surface area contributed by atoms with Gasteiger partial charge in [0.25, 0.3) is 5.82 Å². The number of hydrogen-bond acceptors (Lipinski definition) is 4. The number of benzene rings is 1. The number of fused-ring (bicyclic) bond motifs is 1. The van der Waals surface area contributed by atoms with E-state index in [-0.39, 0.29) is 5.82 Å². The maximum absolute atomic E-state index is 13.6. The molecule has 2 aromatic heterocycles. The SMILES string of the molecule is CCc1nc2ccc(N3CCC4(CCCCC4)CC3)nn2c1[N+]1(C)CSC=C1c1ccc(F)cc1. The molecule has 3 aromatic rings. The number of halogens is 1. The summed E-state index contributed by atoms with van der Waals surface area (Å²) in [5, 5.41) is 7.41. The summed E-state index contributed by atoms with van der Waals surface area (Å²) in [5.74, 6) is 2.83. The second-order valence-corrected chi connectivity index (χ2v) is 11.6. The third-order valence-electron chi connectivity index (χ3n) is 8.57. The van der Waals surface area contributed by atoms with Crippen molar-refractivity contribution >= 4 is 34.7 Å². The van der Waals surface area contributed by atoms with E-state index >= 15 is 0 Å². The predicted octanol–water partition coefficient (Wildman–Crippen LogP) is 6.62. The van der Waals surface area contributed by atoms with Crippen LogP contribution in [0.2, 0.25) is 0 Å². The van der Waals surface area contributed by atoms with Crippen molar-refractivity contribution in [3.8, 4) is 0 Å². The minimum atomic E-state index is -0.207. The van der Waals surface area contributed by atoms with E-state index in [0.29, 0.717) is 9.90 Å². The van der Waals surface area contributed by atoms with Gasteiger partial charge in [0.05, 0.1) is 7.05 Å². The molecule has 5 nitrogen and oxygen atoms in total. The largest absolute Gasteiger partial charge is 0.355 e. The lowest BCUT2D eigenvalue weighted by molar-refractivity contribution is 0.144. The molecule has 0 amide bonds. The molecule has 0 radical (unpaired) electrons. The van der Waals surface area contributed by atoms with Crippen molar-refractivity contribution in [2.24, 2.45) is 5.41 Å². The van der Waals surface area contributed by atoms with Crippen molar-refractivity contribution in [3.63, 3.8) is 0 Å². The van der Waals surface area contributed by atoms with E-state index in [9.17, 15) is 4.39 Å². The normalized spacial score (nSPS) is 24.3. The van der Waals surface area contributed by atoms with E-state index in [1.807, 2.05) is 12.1 Å². The minimum absolute atomic E-state index is 0.207. The Bertz CT molecular complexity index is 1250. The molecule has 7 heteroatoms. The summed E-state index contributed by atoms with van der Waals surface area (Å²) in [6, 6.07) is 11.1. The maximum atomic E-state index is 13.6. The molecule has 2 fully saturated rings. The Morgan fingerprint density at radius 2 is 1.74 bits per heavy atom. The first-order valence-corrected chi connectivity index (χ1v) is 14.1. The van der Waals surface area contributed by atoms with Gasteiger partial charge in [-0.25, -0.2) is 13.9 Å². The fourth-order valence-electron chi connectivity index (χ4n) is 6.47. The molecule has 1 atom stereocenters. The minimum Gasteiger partial charge on any atom is -0.355 e. The van der Waals surface area contributed by atoms with Gasteiger partial charge in [0.2, 0.25) is 0 Å². The van der Waals surface area contributed by atoms with E-state index in [0.717, 1.165) is 59.6 Å². The summed E-state index contributed by atoms with van der Waals surface area (Å²) in [5.41, 5.74) is 4.76. The van der Waals surface area contributed by atoms with Crippen molar-refractivity contribution in [2.75, 3.05) is 30.9 Å². The lowest BCUT2D eigenvalue weighted by Crippen LogP contribution is -2.43. The van der Waals surface area contributed by atoms with Gasteiger partial charge in [-0.15, -0.1) is 5.10 Å². The van der Waals surface area contributed by atoms with Crippen LogP contribution in [0.25, 0.3) is 11.3 Å². The van der Waals surface area contributed by atoms with Crippen molar-refractivity contribution in [2.45, 2.75) is 58.3 Å². The quantitative estimate of drug-likeness (QED) is 0.383. The lowest BCUT2D eigenvalue weighted by Gasteiger charge is -2.44. The van der Waals surface area contributed by atoms with Gasteiger partial charge in [0, 0.05) is 24.1 Å². The van der Waals surface area contributed by atoms with Gasteiger partial charge in [-0.2, -0.15) is 4.52 Å². The number of piperidine rings is 1. The van der Waals surface area contributed by atoms with E-state index in [2.05, 4.69) is 40.9 Å². The summed E-state index contributed by atoms with van der Waals surface area (Å²) in [4.78, 5) is 7.46. The molecule has 0 N–H and O–H groups in total. The molecule has 1 unspecified atom stereocenters. The summed E-state index contributed by atoms with van der Waals surface area (Å²) in [6.07, 6.45) is 10.4. The van der Waals surface area contributed by atoms with Gasteiger partial charge >= 0.3 is 0 Å². The van der Waals surface area contributed by atoms with Crippen LogP contribution in [0.1, 0.15) is 63.1 Å². The van der Waals surface area contributed by atoms with Crippen molar-refractivity contribution in [3.05, 3.63) is 58.9 Å². The fourth-order valence-corrected chi connectivity index (χ4v) is 7.63. The van der Waals surface area contributed by atoms with Gasteiger partial charge in [0.1, 0.15) is 23.2 Å². The second kappa shape index (κ2) is 8.93. The molecule has 0 bridgehead atoms. The van der Waals surface area contributed by atoms with Crippen LogP contribution in [0.4, 0.5) is 16.0 Å². The summed E-state index contributed by atoms with van der Waals surface area (Å²) in [6.45, 7) is 4.34. The molecule has 1 saturated carbocycles. The molecular formula is C28H35FN5S+. The monoisotopic (exact) mass is 492 g/mol. The molecule has 6 rings (SSSR count). The fraction of sp³-hybridized carbons (Fsp3) is 0.500. The third-order valence-corrected chi connectivity index (χ3v) is 9.63. The second-order valence-electron chi connectivity index (χ2n) is 10.7. The van der Waals surface area contributed by atoms with Crippen LogP contribution in [0, 0.1) is 11.2 Å². The molecule has 4 heterocycles. The number of aryl methyl sites for hydroxylation is 1. The maximum Gasteiger partial charge on any atom is 0.258 e. The number of anilines is 1. The Morgan fingerprint density at radius 1 is 1.00 bits per heavy atom. The third kappa shape index (κ3) is 3.97. The van der Waals surface area contributed by atoms with Crippen LogP contribution in [0.15, 0.2) is 41.8 Å². The number of nitrogens with zero attached hydrogens (tertiary/aromatic N) is 5. The van der Waals surface area contributed by atoms with Crippen LogP contribution < -0.4 is 9.38 Å². The highest BCUT2D eigenvalue weighted by atomic mass is 32.2. The van der Waals surface area contributed by atoms with Gasteiger partial charge in [-0.05, 0) is 73.9 Å². The Kier molecular flexibility index (Phi) is 5.88. The smallest absolute Gasteiger partial charge is 0.258 e. The van der Waals surface area contributed by atoms with Crippen LogP contribution in [0.5, 0.6) is 0 Å². The molecule has 1 saturated heterocycles. The van der Waals surface area contributed by atoms with Crippen LogP contribution >= 0.6 is 11.8 Å². The van der Waals surface area contributed by atoms with Gasteiger partial charge in [0.15, 0.2) is 11.3 Å². The molecule has 184 valence electrons. The summed E-state index contributed by atoms with van der Waals surface area (Å²) < 4.78 is 16.3. The van der Waals surface area contributed by atoms with E-state index in [1.165, 1.54) is 44.9 Å². The Balaban J connectivity index is 1.36. The Labute approximate surface area is 211 Å². The molecule has 2 aliphatic heterocycles. The highest BCUT2D eigenvalue weighted by molar-refractivity contribution is 8.02. The number of thioether (sulfide) groups is 1. The number of quaternary nitrogens is 1. The molecule has 1 aliphatic carbocycles. The topological polar surface area (TPSA) is 33.4 Å². The predicted molar refractivity (Wildman–Crippen MR) is 144 cm³/mol. The van der Waals surface area contributed by atoms with E-state index < -0.39 is 0 Å². The molecular weight excluding hydrogens is 457 g/mol. The van der Waals surface area contributed by atoms with E-state index in [4.69, 9.17) is 10.1 Å². The van der Waals surface area contributed by atoms with Crippen LogP contribution in [-0.4, -0.2) is 40.6 Å². The van der Waals surface area contributed by atoms with Crippen LogP contribution in [0.3, 0.4) is 0 Å².